The molecule has 1 aliphatic rings. The maximum Gasteiger partial charge on any atom is 0.269 e. The number of likely N-dealkylation sites (tertiary alicyclic amines) is 1. The van der Waals surface area contributed by atoms with Gasteiger partial charge in [0.05, 0.1) is 39.4 Å². The van der Waals surface area contributed by atoms with Crippen molar-refractivity contribution in [2.24, 2.45) is 7.05 Å². The summed E-state index contributed by atoms with van der Waals surface area (Å²) in [7, 11) is 5.93. The van der Waals surface area contributed by atoms with Gasteiger partial charge in [-0.2, -0.15) is 10.4 Å². The monoisotopic (exact) mass is 1480 g/mol. The summed E-state index contributed by atoms with van der Waals surface area (Å²) >= 11 is 5.59. The number of nitrogens with one attached hydrogen (secondary N) is 4. The predicted molar refractivity (Wildman–Crippen MR) is 424 cm³/mol. The fourth-order valence-corrected chi connectivity index (χ4v) is 15.9. The van der Waals surface area contributed by atoms with Crippen LogP contribution in [-0.4, -0.2) is 120 Å². The Kier molecular flexibility index (Phi) is 21.4. The molecule has 14 heterocycles. The maximum atomic E-state index is 12.7. The lowest BCUT2D eigenvalue weighted by molar-refractivity contribution is 0.261. The lowest BCUT2D eigenvalue weighted by Crippen LogP contribution is -2.19. The Morgan fingerprint density at radius 2 is 0.953 bits per heavy atom. The quantitative estimate of drug-likeness (QED) is 0.0741. The summed E-state index contributed by atoms with van der Waals surface area (Å²) in [5.74, 6) is 2.97. The SMILES string of the molecule is CC(C)c1nn(C)cc1-c1csc2c(=O)[nH]c(-c3ccccn3)nc12.CN(C)CCOc1cccc(-c2csc3c(=O)[nH]c(-c4ccccn4)nc23)c1.Cc1ccc(CN2CCCC2)cc1-c1csc2c(=O)[nH]c(-c3ccccn3)nc12.N#Cc1cccc(-c2csc3c(=O)[nH]c(-c4ccccn4)nc23)c1. The molecule has 0 radical (unpaired) electrons. The molecule has 4 N–H and O–H groups in total. The van der Waals surface area contributed by atoms with Crippen LogP contribution < -0.4 is 27.0 Å². The van der Waals surface area contributed by atoms with Crippen LogP contribution in [0.1, 0.15) is 55.0 Å². The molecule has 106 heavy (non-hydrogen) atoms. The summed E-state index contributed by atoms with van der Waals surface area (Å²) in [6.07, 6.45) is 11.3. The van der Waals surface area contributed by atoms with E-state index in [0.29, 0.717) is 93.6 Å². The first-order chi connectivity index (χ1) is 51.6. The van der Waals surface area contributed by atoms with Gasteiger partial charge < -0.3 is 29.6 Å². The van der Waals surface area contributed by atoms with E-state index in [1.165, 1.54) is 82.4 Å². The van der Waals surface area contributed by atoms with E-state index < -0.39 is 0 Å². The van der Waals surface area contributed by atoms with E-state index in [2.05, 4.69) is 110 Å². The van der Waals surface area contributed by atoms with Crippen LogP contribution in [0.3, 0.4) is 0 Å². The largest absolute Gasteiger partial charge is 0.492 e. The highest BCUT2D eigenvalue weighted by Crippen LogP contribution is 2.39. The first-order valence-electron chi connectivity index (χ1n) is 34.1. The zero-order chi connectivity index (χ0) is 73.4. The van der Waals surface area contributed by atoms with Crippen molar-refractivity contribution >= 4 is 86.2 Å². The molecule has 3 aromatic carbocycles. The third-order valence-electron chi connectivity index (χ3n) is 17.5. The fourth-order valence-electron chi connectivity index (χ4n) is 12.3. The minimum absolute atomic E-state index is 0.113. The second-order valence-corrected chi connectivity index (χ2v) is 29.1. The molecule has 22 nitrogen and oxygen atoms in total. The maximum absolute atomic E-state index is 12.7. The third-order valence-corrected chi connectivity index (χ3v) is 21.4. The lowest BCUT2D eigenvalue weighted by Gasteiger charge is -2.16. The van der Waals surface area contributed by atoms with E-state index >= 15 is 0 Å². The molecule has 1 saturated heterocycles. The van der Waals surface area contributed by atoms with Crippen molar-refractivity contribution in [2.75, 3.05) is 40.3 Å². The number of aryl methyl sites for hydroxylation is 2. The first-order valence-corrected chi connectivity index (χ1v) is 37.6. The van der Waals surface area contributed by atoms with E-state index in [1.54, 1.807) is 47.7 Å². The minimum Gasteiger partial charge on any atom is -0.492 e. The smallest absolute Gasteiger partial charge is 0.269 e. The lowest BCUT2D eigenvalue weighted by atomic mass is 9.99. The minimum atomic E-state index is -0.187. The number of nitriles is 1. The van der Waals surface area contributed by atoms with Gasteiger partial charge in [0.25, 0.3) is 22.2 Å². The number of aromatic amines is 4. The summed E-state index contributed by atoms with van der Waals surface area (Å²) in [5.41, 5.74) is 16.5. The molecular weight excluding hydrogens is 1410 g/mol. The number of pyridine rings is 4. The zero-order valence-corrected chi connectivity index (χ0v) is 61.8. The molecule has 13 aromatic heterocycles. The van der Waals surface area contributed by atoms with Gasteiger partial charge in [-0.05, 0) is 160 Å². The predicted octanol–water partition coefficient (Wildman–Crippen LogP) is 15.4. The van der Waals surface area contributed by atoms with Gasteiger partial charge in [-0.25, -0.2) is 19.9 Å². The van der Waals surface area contributed by atoms with E-state index in [4.69, 9.17) is 25.0 Å². The van der Waals surface area contributed by atoms with E-state index in [0.717, 1.165) is 74.6 Å². The molecule has 17 rings (SSSR count). The summed E-state index contributed by atoms with van der Waals surface area (Å²) in [5, 5.41) is 21.6. The Morgan fingerprint density at radius 3 is 1.39 bits per heavy atom. The van der Waals surface area contributed by atoms with Crippen molar-refractivity contribution in [1.82, 2.24) is 79.4 Å². The third kappa shape index (κ3) is 15.8. The van der Waals surface area contributed by atoms with Crippen LogP contribution in [0.2, 0.25) is 0 Å². The molecule has 1 aliphatic heterocycles. The molecule has 26 heteroatoms. The number of hydrogen-bond acceptors (Lipinski definition) is 21. The van der Waals surface area contributed by atoms with Crippen LogP contribution in [0.25, 0.3) is 131 Å². The molecule has 0 bridgehead atoms. The number of rotatable bonds is 15. The van der Waals surface area contributed by atoms with Crippen molar-refractivity contribution in [1.29, 1.82) is 5.26 Å². The van der Waals surface area contributed by atoms with Crippen LogP contribution in [0, 0.1) is 18.3 Å². The van der Waals surface area contributed by atoms with Crippen molar-refractivity contribution < 1.29 is 4.74 Å². The average molecular weight is 1480 g/mol. The van der Waals surface area contributed by atoms with E-state index in [-0.39, 0.29) is 28.2 Å². The van der Waals surface area contributed by atoms with Crippen LogP contribution in [0.4, 0.5) is 0 Å². The highest BCUT2D eigenvalue weighted by atomic mass is 32.1. The Morgan fingerprint density at radius 1 is 0.519 bits per heavy atom. The summed E-state index contributed by atoms with van der Waals surface area (Å²) in [6.45, 7) is 11.1. The molecular formula is C80H69N17O5S4. The molecule has 0 atom stereocenters. The number of nitrogens with zero attached hydrogens (tertiary/aromatic N) is 13. The van der Waals surface area contributed by atoms with Gasteiger partial charge in [-0.1, -0.05) is 74.5 Å². The number of ether oxygens (including phenoxy) is 1. The van der Waals surface area contributed by atoms with Gasteiger partial charge >= 0.3 is 0 Å². The molecule has 16 aromatic rings. The zero-order valence-electron chi connectivity index (χ0n) is 58.5. The van der Waals surface area contributed by atoms with Gasteiger partial charge in [-0.3, -0.25) is 48.7 Å². The van der Waals surface area contributed by atoms with Gasteiger partial charge in [0, 0.05) is 100 Å². The van der Waals surface area contributed by atoms with E-state index in [9.17, 15) is 19.2 Å². The Balaban J connectivity index is 0.000000119. The number of benzene rings is 3. The fraction of sp³-hybridized carbons (Fsp3) is 0.175. The number of H-pyrrole nitrogens is 4. The number of fused-ring (bicyclic) bond motifs is 4. The summed E-state index contributed by atoms with van der Waals surface area (Å²) in [6, 6.07) is 46.1. The van der Waals surface area contributed by atoms with Crippen molar-refractivity contribution in [3.8, 4) is 102 Å². The normalized spacial score (nSPS) is 12.1. The Hall–Kier alpha value is -12.0. The standard InChI is InChI=1S/C23H22N4OS.C21H20N4O2S.C18H17N5OS.C18H10N4OS/c1-15-7-8-16(13-27-10-4-5-11-27)12-17(15)18-14-29-21-20(18)25-22(26-23(21)28)19-6-2-3-9-24-19;1-25(2)10-11-27-15-7-5-6-14(12-15)16-13-28-19-18(16)23-20(24-21(19)26)17-8-3-4-9-22-17;1-10(2)14-11(8-23(3)22-14)12-9-25-16-15(12)20-17(21-18(16)24)13-6-4-5-7-19-13;19-9-11-4-3-5-12(8-11)13-10-24-16-15(13)21-17(22-18(16)23)14-6-1-2-7-20-14/h2-3,6-9,12,14H,4-5,10-11,13H2,1H3,(H,25,26,28);3-9,12-13H,10-11H2,1-2H3,(H,23,24,26);4-10H,1-3H3,(H,20,21,24);1-8,10H,(H,21,22,23). The van der Waals surface area contributed by atoms with Crippen molar-refractivity contribution in [2.45, 2.75) is 46.1 Å². The topological polar surface area (TPSA) is 292 Å². The molecule has 0 amide bonds. The molecule has 0 aliphatic carbocycles. The molecule has 528 valence electrons. The Bertz CT molecular complexity index is 6110. The van der Waals surface area contributed by atoms with Crippen LogP contribution >= 0.6 is 45.3 Å². The highest BCUT2D eigenvalue weighted by molar-refractivity contribution is 7.18. The molecule has 0 saturated carbocycles. The molecule has 0 unspecified atom stereocenters. The van der Waals surface area contributed by atoms with Crippen molar-refractivity contribution in [3.63, 3.8) is 0 Å². The summed E-state index contributed by atoms with van der Waals surface area (Å²) in [4.78, 5) is 102. The molecule has 0 spiro atoms. The van der Waals surface area contributed by atoms with Gasteiger partial charge in [0.2, 0.25) is 0 Å². The van der Waals surface area contributed by atoms with Crippen LogP contribution in [-0.2, 0) is 13.6 Å². The van der Waals surface area contributed by atoms with Crippen LogP contribution in [0.5, 0.6) is 5.75 Å². The van der Waals surface area contributed by atoms with Gasteiger partial charge in [0.15, 0.2) is 23.3 Å². The van der Waals surface area contributed by atoms with Crippen LogP contribution in [0.15, 0.2) is 211 Å². The highest BCUT2D eigenvalue weighted by Gasteiger charge is 2.23. The number of aromatic nitrogens is 14. The first kappa shape index (κ1) is 71.0. The van der Waals surface area contributed by atoms with Gasteiger partial charge in [0.1, 0.15) is 53.9 Å². The number of likely N-dealkylation sites (N-methyl/N-ethyl adjacent to an activating group) is 1. The van der Waals surface area contributed by atoms with Crippen molar-refractivity contribution in [3.05, 3.63) is 256 Å². The second-order valence-electron chi connectivity index (χ2n) is 25.6. The summed E-state index contributed by atoms with van der Waals surface area (Å²) < 4.78 is 10.1. The molecule has 1 fully saturated rings. The average Bonchev–Trinajstić information content (AvgIpc) is 1.62. The number of hydrogen-bond donors (Lipinski definition) is 4. The Labute approximate surface area is 623 Å². The van der Waals surface area contributed by atoms with Gasteiger partial charge in [-0.15, -0.1) is 45.3 Å². The van der Waals surface area contributed by atoms with E-state index in [1.807, 2.05) is 147 Å². The number of thiophene rings is 4. The second kappa shape index (κ2) is 32.0.